The largest absolute Gasteiger partial charge is 0.552 e. The first-order chi connectivity index (χ1) is 19.1. The lowest BCUT2D eigenvalue weighted by atomic mass is 9.91. The minimum atomic E-state index is -1.79. The summed E-state index contributed by atoms with van der Waals surface area (Å²) in [5.74, 6) is -2.23. The van der Waals surface area contributed by atoms with Crippen LogP contribution in [0.5, 0.6) is 34.5 Å². The number of carboxylic acid groups (broad SMARTS) is 1. The number of carboxylic acids is 1. The molecule has 6 atom stereocenters. The second-order valence-corrected chi connectivity index (χ2v) is 9.12. The van der Waals surface area contributed by atoms with Gasteiger partial charge in [0.2, 0.25) is 12.0 Å². The third kappa shape index (κ3) is 4.51. The zero-order chi connectivity index (χ0) is 28.9. The molecule has 0 aromatic heterocycles. The summed E-state index contributed by atoms with van der Waals surface area (Å²) in [5.41, 5.74) is 0.648. The monoisotopic (exact) mass is 563 g/mol. The number of benzene rings is 2. The quantitative estimate of drug-likeness (QED) is 0.223. The van der Waals surface area contributed by atoms with Gasteiger partial charge in [-0.2, -0.15) is 0 Å². The number of methoxy groups -OCH3 is 2. The number of phenolic OH excluding ortho intramolecular Hbond substituents is 2. The van der Waals surface area contributed by atoms with Gasteiger partial charge in [0.25, 0.3) is 5.76 Å². The molecule has 0 saturated carbocycles. The van der Waals surface area contributed by atoms with E-state index in [-0.39, 0.29) is 57.0 Å². The molecule has 0 radical (unpaired) electrons. The highest BCUT2D eigenvalue weighted by Crippen LogP contribution is 2.53. The van der Waals surface area contributed by atoms with Crippen LogP contribution in [0.2, 0.25) is 0 Å². The number of allylic oxidation sites excluding steroid dienone is 2. The maximum Gasteiger partial charge on any atom is 0.552 e. The van der Waals surface area contributed by atoms with Crippen molar-refractivity contribution in [2.45, 2.75) is 36.8 Å². The first kappa shape index (κ1) is 27.4. The van der Waals surface area contributed by atoms with Gasteiger partial charge in [0, 0.05) is 29.3 Å². The highest BCUT2D eigenvalue weighted by atomic mass is 16.7. The van der Waals surface area contributed by atoms with E-state index in [4.69, 9.17) is 28.4 Å². The SMILES string of the molecule is COc1cc(C2Oc3cc(O)cc4c3C(=C2O[C@H]2O[C@H](CO)[C@@H](O)[C@@H](O)[C@@H]2O)C=C(C(O)=[OH+])O4)cc(OC)c1O. The number of ether oxygens (including phenoxy) is 6. The van der Waals surface area contributed by atoms with E-state index >= 15 is 0 Å². The number of aliphatic carboxylic acids is 1. The summed E-state index contributed by atoms with van der Waals surface area (Å²) < 4.78 is 33.8. The van der Waals surface area contributed by atoms with Crippen LogP contribution in [-0.2, 0) is 9.47 Å². The van der Waals surface area contributed by atoms with E-state index in [9.17, 15) is 40.5 Å². The van der Waals surface area contributed by atoms with Gasteiger partial charge in [0.1, 0.15) is 41.7 Å². The fourth-order valence-electron chi connectivity index (χ4n) is 4.69. The zero-order valence-electron chi connectivity index (χ0n) is 21.1. The molecular formula is C26H27O14+. The first-order valence-corrected chi connectivity index (χ1v) is 11.9. The Morgan fingerprint density at radius 2 is 1.60 bits per heavy atom. The minimum Gasteiger partial charge on any atom is -0.508 e. The fourth-order valence-corrected chi connectivity index (χ4v) is 4.69. The molecule has 0 amide bonds. The van der Waals surface area contributed by atoms with Crippen molar-refractivity contribution in [3.05, 3.63) is 53.0 Å². The first-order valence-electron chi connectivity index (χ1n) is 11.9. The molecule has 214 valence electrons. The van der Waals surface area contributed by atoms with Crippen molar-refractivity contribution in [1.82, 2.24) is 0 Å². The summed E-state index contributed by atoms with van der Waals surface area (Å²) in [4.78, 5) is 9.81. The number of rotatable bonds is 7. The van der Waals surface area contributed by atoms with Gasteiger partial charge < -0.3 is 69.0 Å². The number of phenols is 2. The average Bonchev–Trinajstić information content (AvgIpc) is 2.93. The van der Waals surface area contributed by atoms with Gasteiger partial charge in [-0.3, -0.25) is 0 Å². The van der Waals surface area contributed by atoms with Crippen LogP contribution in [-0.4, -0.2) is 98.0 Å². The highest BCUT2D eigenvalue weighted by Gasteiger charge is 2.47. The van der Waals surface area contributed by atoms with E-state index in [2.05, 4.69) is 0 Å². The topological polar surface area (TPSA) is 218 Å². The summed E-state index contributed by atoms with van der Waals surface area (Å²) >= 11 is 0. The van der Waals surface area contributed by atoms with Crippen molar-refractivity contribution in [2.24, 2.45) is 0 Å². The highest BCUT2D eigenvalue weighted by molar-refractivity contribution is 5.96. The molecular weight excluding hydrogens is 536 g/mol. The van der Waals surface area contributed by atoms with E-state index in [1.807, 2.05) is 0 Å². The van der Waals surface area contributed by atoms with Crippen molar-refractivity contribution < 1.29 is 69.0 Å². The summed E-state index contributed by atoms with van der Waals surface area (Å²) in [5, 5.41) is 71.4. The van der Waals surface area contributed by atoms with E-state index in [0.29, 0.717) is 0 Å². The van der Waals surface area contributed by atoms with E-state index in [1.165, 1.54) is 44.6 Å². The summed E-state index contributed by atoms with van der Waals surface area (Å²) in [6.07, 6.45) is -8.18. The van der Waals surface area contributed by atoms with Crippen LogP contribution in [0.4, 0.5) is 0 Å². The molecule has 1 saturated heterocycles. The van der Waals surface area contributed by atoms with Crippen LogP contribution in [0.3, 0.4) is 0 Å². The molecule has 1 unspecified atom stereocenters. The molecule has 40 heavy (non-hydrogen) atoms. The molecule has 0 aliphatic carbocycles. The van der Waals surface area contributed by atoms with Gasteiger partial charge >= 0.3 is 5.97 Å². The maximum atomic E-state index is 10.7. The van der Waals surface area contributed by atoms with Crippen LogP contribution in [0.15, 0.2) is 41.9 Å². The van der Waals surface area contributed by atoms with Gasteiger partial charge in [0.05, 0.1) is 26.4 Å². The number of aliphatic hydroxyl groups excluding tert-OH is 5. The Morgan fingerprint density at radius 3 is 2.20 bits per heavy atom. The average molecular weight is 563 g/mol. The second kappa shape index (κ2) is 10.4. The Kier molecular flexibility index (Phi) is 7.12. The molecule has 8 N–H and O–H groups in total. The minimum absolute atomic E-state index is 0.00193. The third-order valence-electron chi connectivity index (χ3n) is 6.68. The molecule has 3 aliphatic heterocycles. The van der Waals surface area contributed by atoms with E-state index in [0.717, 1.165) is 0 Å². The zero-order valence-corrected chi connectivity index (χ0v) is 21.1. The third-order valence-corrected chi connectivity index (χ3v) is 6.68. The lowest BCUT2D eigenvalue weighted by Gasteiger charge is -2.41. The molecule has 14 nitrogen and oxygen atoms in total. The molecule has 3 aliphatic rings. The van der Waals surface area contributed by atoms with Crippen molar-refractivity contribution in [3.8, 4) is 34.5 Å². The number of aliphatic hydroxyl groups is 4. The summed E-state index contributed by atoms with van der Waals surface area (Å²) in [7, 11) is 2.63. The Bertz CT molecular complexity index is 1370. The molecule has 2 aromatic carbocycles. The van der Waals surface area contributed by atoms with Gasteiger partial charge in [-0.1, -0.05) is 0 Å². The van der Waals surface area contributed by atoms with Crippen molar-refractivity contribution in [1.29, 1.82) is 0 Å². The Morgan fingerprint density at radius 1 is 0.950 bits per heavy atom. The van der Waals surface area contributed by atoms with E-state index < -0.39 is 55.1 Å². The van der Waals surface area contributed by atoms with Gasteiger partial charge in [0.15, 0.2) is 23.4 Å². The molecule has 3 heterocycles. The lowest BCUT2D eigenvalue weighted by molar-refractivity contribution is -0.293. The van der Waals surface area contributed by atoms with Crippen molar-refractivity contribution >= 4 is 11.5 Å². The van der Waals surface area contributed by atoms with Crippen LogP contribution >= 0.6 is 0 Å². The van der Waals surface area contributed by atoms with Crippen molar-refractivity contribution in [3.63, 3.8) is 0 Å². The van der Waals surface area contributed by atoms with Crippen LogP contribution in [0, 0.1) is 0 Å². The molecule has 0 spiro atoms. The Hall–Kier alpha value is -4.21. The summed E-state index contributed by atoms with van der Waals surface area (Å²) in [6.45, 7) is -0.708. The number of hydrogen-bond donors (Lipinski definition) is 7. The molecule has 5 rings (SSSR count). The predicted octanol–water partition coefficient (Wildman–Crippen LogP) is 0.113. The Labute approximate surface area is 226 Å². The molecule has 14 heteroatoms. The van der Waals surface area contributed by atoms with E-state index in [1.54, 1.807) is 0 Å². The number of hydrogen-bond acceptors (Lipinski definition) is 12. The Balaban J connectivity index is 1.73. The molecule has 0 bridgehead atoms. The predicted molar refractivity (Wildman–Crippen MR) is 133 cm³/mol. The lowest BCUT2D eigenvalue weighted by Crippen LogP contribution is -2.59. The van der Waals surface area contributed by atoms with Crippen LogP contribution in [0.25, 0.3) is 5.57 Å². The van der Waals surface area contributed by atoms with Crippen LogP contribution in [0.1, 0.15) is 17.2 Å². The summed E-state index contributed by atoms with van der Waals surface area (Å²) in [6, 6.07) is 5.31. The van der Waals surface area contributed by atoms with Gasteiger partial charge in [-0.05, 0) is 12.1 Å². The molecule has 1 fully saturated rings. The second-order valence-electron chi connectivity index (χ2n) is 9.12. The standard InChI is InChI=1S/C26H26O14/c1-35-14-3-9(4-15(36-2)19(14)29)23-24(40-26-22(32)21(31)20(30)17(8-27)39-26)11-7-16(25(33)34)37-12-5-10(28)6-13(38-23)18(11)12/h3-7,17,20-23,26-32H,8H2,1-2H3,(H,33,34)/p+1/t17-,20-,21-,22+,23?,26-/m1/s1. The smallest absolute Gasteiger partial charge is 0.508 e. The normalized spacial score (nSPS) is 27.1. The fraction of sp³-hybridized carbons (Fsp3) is 0.346. The number of aromatic hydroxyl groups is 2. The van der Waals surface area contributed by atoms with Crippen LogP contribution < -0.4 is 18.9 Å². The van der Waals surface area contributed by atoms with Crippen molar-refractivity contribution in [2.75, 3.05) is 20.8 Å². The van der Waals surface area contributed by atoms with Gasteiger partial charge in [-0.15, -0.1) is 0 Å². The van der Waals surface area contributed by atoms with Gasteiger partial charge in [-0.25, -0.2) is 0 Å². The molecule has 2 aromatic rings. The maximum absolute atomic E-state index is 10.7.